The van der Waals surface area contributed by atoms with Crippen LogP contribution in [-0.4, -0.2) is 146 Å². The van der Waals surface area contributed by atoms with E-state index in [1.54, 1.807) is 6.92 Å². The van der Waals surface area contributed by atoms with Gasteiger partial charge in [-0.1, -0.05) is 0 Å². The zero-order chi connectivity index (χ0) is 28.4. The zero-order valence-electron chi connectivity index (χ0n) is 19.8. The number of rotatable bonds is 6. The van der Waals surface area contributed by atoms with Crippen LogP contribution in [0.3, 0.4) is 0 Å². The third-order valence-corrected chi connectivity index (χ3v) is 6.35. The molecule has 0 amide bonds. The molecule has 2 saturated heterocycles. The van der Waals surface area contributed by atoms with Gasteiger partial charge in [-0.2, -0.15) is 8.42 Å². The Morgan fingerprint density at radius 1 is 0.838 bits per heavy atom. The Kier molecular flexibility index (Phi) is 11.5. The summed E-state index contributed by atoms with van der Waals surface area (Å²) in [5, 5.41) is 60.8. The second-order valence-corrected chi connectivity index (χ2v) is 10.2. The fourth-order valence-corrected chi connectivity index (χ4v) is 4.36. The molecule has 19 heteroatoms. The van der Waals surface area contributed by atoms with Crippen LogP contribution in [0.25, 0.3) is 0 Å². The summed E-state index contributed by atoms with van der Waals surface area (Å²) in [7, 11) is -4.67. The lowest BCUT2D eigenvalue weighted by Crippen LogP contribution is -2.68. The van der Waals surface area contributed by atoms with Gasteiger partial charge in [-0.3, -0.25) is 9.11 Å². The number of aliphatic hydroxyl groups is 6. The van der Waals surface area contributed by atoms with Gasteiger partial charge in [-0.25, -0.2) is 0 Å². The summed E-state index contributed by atoms with van der Waals surface area (Å²) in [5.74, 6) is 0. The smallest absolute Gasteiger partial charge is 0.394 e. The Hall–Kier alpha value is -0.690. The van der Waals surface area contributed by atoms with Crippen LogP contribution in [-0.2, 0) is 29.3 Å². The van der Waals surface area contributed by atoms with Gasteiger partial charge >= 0.3 is 10.4 Å². The van der Waals surface area contributed by atoms with Gasteiger partial charge in [0.1, 0.15) is 48.8 Å². The number of aliphatic hydroxyl groups excluding tert-OH is 6. The van der Waals surface area contributed by atoms with Crippen LogP contribution in [0, 0.1) is 0 Å². The van der Waals surface area contributed by atoms with Gasteiger partial charge in [-0.15, -0.1) is 0 Å². The maximum absolute atomic E-state index is 10.7. The highest BCUT2D eigenvalue weighted by atomic mass is 32.3. The SMILES string of the molecule is C[C@@H](N)[C@H]1O[C@@H](O[C@@H]2[C@@H](O)[C@H](N)C[C@H](N)[C@H]2O[C@H]2O[C@H](CO)[C@@H](O)[C@H](O)[C@H]2N)[C@H](O)[C@@H]1O.O=S(=O)(O)O. The molecule has 220 valence electrons. The minimum atomic E-state index is -4.67. The highest BCUT2D eigenvalue weighted by molar-refractivity contribution is 7.79. The van der Waals surface area contributed by atoms with E-state index in [4.69, 9.17) is 59.4 Å². The molecule has 3 aliphatic rings. The van der Waals surface area contributed by atoms with Crippen LogP contribution < -0.4 is 22.9 Å². The average Bonchev–Trinajstić information content (AvgIpc) is 3.07. The number of hydrogen-bond donors (Lipinski definition) is 12. The third kappa shape index (κ3) is 8.16. The summed E-state index contributed by atoms with van der Waals surface area (Å²) >= 11 is 0. The van der Waals surface area contributed by atoms with Crippen LogP contribution >= 0.6 is 0 Å². The van der Waals surface area contributed by atoms with Crippen molar-refractivity contribution in [1.82, 2.24) is 0 Å². The molecular weight excluding hydrogens is 528 g/mol. The summed E-state index contributed by atoms with van der Waals surface area (Å²) in [6.07, 6.45) is -13.9. The first-order chi connectivity index (χ1) is 17.0. The topological polar surface area (TPSA) is 337 Å². The molecule has 2 aliphatic heterocycles. The summed E-state index contributed by atoms with van der Waals surface area (Å²) in [6.45, 7) is 0.989. The lowest BCUT2D eigenvalue weighted by molar-refractivity contribution is -0.310. The average molecular weight is 567 g/mol. The van der Waals surface area contributed by atoms with Crippen molar-refractivity contribution in [2.45, 2.75) is 105 Å². The Morgan fingerprint density at radius 2 is 1.38 bits per heavy atom. The Bertz CT molecular complexity index is 816. The summed E-state index contributed by atoms with van der Waals surface area (Å²) in [4.78, 5) is 0. The predicted molar refractivity (Wildman–Crippen MR) is 121 cm³/mol. The maximum Gasteiger partial charge on any atom is 0.394 e. The van der Waals surface area contributed by atoms with Gasteiger partial charge in [0.25, 0.3) is 0 Å². The van der Waals surface area contributed by atoms with E-state index in [0.29, 0.717) is 0 Å². The van der Waals surface area contributed by atoms with Crippen molar-refractivity contribution in [3.63, 3.8) is 0 Å². The van der Waals surface area contributed by atoms with Gasteiger partial charge in [0.2, 0.25) is 0 Å². The van der Waals surface area contributed by atoms with Gasteiger partial charge in [0.15, 0.2) is 12.6 Å². The monoisotopic (exact) mass is 566 g/mol. The van der Waals surface area contributed by atoms with Gasteiger partial charge in [-0.05, 0) is 13.3 Å². The molecule has 3 rings (SSSR count). The van der Waals surface area contributed by atoms with E-state index in [2.05, 4.69) is 0 Å². The van der Waals surface area contributed by atoms with Crippen molar-refractivity contribution in [3.05, 3.63) is 0 Å². The second-order valence-electron chi connectivity index (χ2n) is 9.30. The van der Waals surface area contributed by atoms with Gasteiger partial charge in [0.05, 0.1) is 18.8 Å². The highest BCUT2D eigenvalue weighted by Gasteiger charge is 2.52. The van der Waals surface area contributed by atoms with Crippen molar-refractivity contribution in [2.24, 2.45) is 22.9 Å². The van der Waals surface area contributed by atoms with E-state index in [9.17, 15) is 30.6 Å². The molecule has 18 nitrogen and oxygen atoms in total. The summed E-state index contributed by atoms with van der Waals surface area (Å²) < 4.78 is 54.2. The molecule has 0 aromatic heterocycles. The normalized spacial score (nSPS) is 47.7. The molecule has 0 bridgehead atoms. The minimum absolute atomic E-state index is 0.140. The van der Waals surface area contributed by atoms with Crippen molar-refractivity contribution in [3.8, 4) is 0 Å². The number of hydrogen-bond acceptors (Lipinski definition) is 16. The van der Waals surface area contributed by atoms with Crippen LogP contribution in [0.1, 0.15) is 13.3 Å². The Morgan fingerprint density at radius 3 is 1.86 bits per heavy atom. The summed E-state index contributed by atoms with van der Waals surface area (Å²) in [6, 6.07) is -3.39. The second kappa shape index (κ2) is 13.1. The minimum Gasteiger partial charge on any atom is -0.394 e. The molecular formula is C18H38N4O14S. The van der Waals surface area contributed by atoms with E-state index in [1.165, 1.54) is 0 Å². The maximum atomic E-state index is 10.7. The van der Waals surface area contributed by atoms with E-state index in [1.807, 2.05) is 0 Å². The lowest BCUT2D eigenvalue weighted by atomic mass is 9.84. The molecule has 2 heterocycles. The Balaban J connectivity index is 0.000000877. The molecule has 0 radical (unpaired) electrons. The van der Waals surface area contributed by atoms with Crippen molar-refractivity contribution < 1.29 is 67.1 Å². The molecule has 1 saturated carbocycles. The van der Waals surface area contributed by atoms with Crippen molar-refractivity contribution in [1.29, 1.82) is 0 Å². The number of nitrogens with two attached hydrogens (primary N) is 4. The van der Waals surface area contributed by atoms with Crippen molar-refractivity contribution in [2.75, 3.05) is 6.61 Å². The summed E-state index contributed by atoms with van der Waals surface area (Å²) in [5.41, 5.74) is 23.9. The number of ether oxygens (including phenoxy) is 4. The van der Waals surface area contributed by atoms with Gasteiger partial charge < -0.3 is 72.5 Å². The molecule has 0 aromatic carbocycles. The van der Waals surface area contributed by atoms with Gasteiger partial charge in [0, 0.05) is 18.1 Å². The quantitative estimate of drug-likeness (QED) is 0.133. The lowest BCUT2D eigenvalue weighted by Gasteiger charge is -2.47. The zero-order valence-corrected chi connectivity index (χ0v) is 20.6. The molecule has 3 fully saturated rings. The highest BCUT2D eigenvalue weighted by Crippen LogP contribution is 2.32. The van der Waals surface area contributed by atoms with E-state index < -0.39 is 109 Å². The van der Waals surface area contributed by atoms with Crippen LogP contribution in [0.5, 0.6) is 0 Å². The molecule has 37 heavy (non-hydrogen) atoms. The molecule has 15 atom stereocenters. The van der Waals surface area contributed by atoms with E-state index in [-0.39, 0.29) is 6.42 Å². The molecule has 0 unspecified atom stereocenters. The standard InChI is InChI=1S/C18H36N4O10.H2O4S/c1-4(19)14-12(27)13(28)18(30-14)32-16-9(24)5(20)2-6(21)15(16)31-17-8(22)11(26)10(25)7(3-23)29-17;1-5(2,3)4/h4-18,23-28H,2-3,19-22H2,1H3;(H2,1,2,3,4)/t4-,5-,6+,7-,8-,9+,10-,11-,12+,13-,14-,15-,16-,17-,18+;/m1./s1. The largest absolute Gasteiger partial charge is 0.394 e. The fourth-order valence-electron chi connectivity index (χ4n) is 4.36. The molecule has 0 aromatic rings. The molecule has 0 spiro atoms. The van der Waals surface area contributed by atoms with E-state index >= 15 is 0 Å². The van der Waals surface area contributed by atoms with Crippen LogP contribution in [0.15, 0.2) is 0 Å². The van der Waals surface area contributed by atoms with Crippen LogP contribution in [0.2, 0.25) is 0 Å². The fraction of sp³-hybridized carbons (Fsp3) is 1.00. The third-order valence-electron chi connectivity index (χ3n) is 6.35. The van der Waals surface area contributed by atoms with Crippen molar-refractivity contribution >= 4 is 10.4 Å². The first-order valence-corrected chi connectivity index (χ1v) is 12.7. The predicted octanol–water partition coefficient (Wildman–Crippen LogP) is -6.92. The molecule has 16 N–H and O–H groups in total. The first-order valence-electron chi connectivity index (χ1n) is 11.3. The van der Waals surface area contributed by atoms with Crippen LogP contribution in [0.4, 0.5) is 0 Å². The molecule has 1 aliphatic carbocycles. The Labute approximate surface area is 212 Å². The van der Waals surface area contributed by atoms with E-state index in [0.717, 1.165) is 0 Å². The first kappa shape index (κ1) is 32.5.